The fourth-order valence-electron chi connectivity index (χ4n) is 1.61. The number of hydrogen-bond donors (Lipinski definition) is 1. The molecule has 0 unspecified atom stereocenters. The van der Waals surface area contributed by atoms with Gasteiger partial charge in [0.15, 0.2) is 0 Å². The minimum Gasteiger partial charge on any atom is -0.393 e. The summed E-state index contributed by atoms with van der Waals surface area (Å²) in [5, 5.41) is 0. The van der Waals surface area contributed by atoms with Crippen LogP contribution in [-0.2, 0) is 4.79 Å². The maximum atomic E-state index is 12.3. The molecule has 16 heavy (non-hydrogen) atoms. The van der Waals surface area contributed by atoms with Gasteiger partial charge in [0.25, 0.3) is 0 Å². The normalized spacial score (nSPS) is 15.9. The third kappa shape index (κ3) is 3.44. The van der Waals surface area contributed by atoms with Gasteiger partial charge in [-0.1, -0.05) is 33.0 Å². The number of thiocarbonyl (C=S) groups is 1. The van der Waals surface area contributed by atoms with Crippen LogP contribution in [0.4, 0.5) is 0 Å². The van der Waals surface area contributed by atoms with E-state index in [1.165, 1.54) is 0 Å². The fourth-order valence-corrected chi connectivity index (χ4v) is 1.70. The van der Waals surface area contributed by atoms with Crippen LogP contribution in [0.3, 0.4) is 0 Å². The van der Waals surface area contributed by atoms with Gasteiger partial charge in [0, 0.05) is 24.4 Å². The lowest BCUT2D eigenvalue weighted by atomic mass is 9.88. The molecule has 1 saturated carbocycles. The van der Waals surface area contributed by atoms with Gasteiger partial charge in [0.1, 0.15) is 0 Å². The molecule has 1 amide bonds. The Morgan fingerprint density at radius 2 is 2.06 bits per heavy atom. The van der Waals surface area contributed by atoms with Crippen LogP contribution in [0.5, 0.6) is 0 Å². The number of rotatable bonds is 6. The van der Waals surface area contributed by atoms with E-state index in [4.69, 9.17) is 18.0 Å². The molecule has 0 spiro atoms. The quantitative estimate of drug-likeness (QED) is 0.725. The van der Waals surface area contributed by atoms with E-state index in [-0.39, 0.29) is 11.3 Å². The van der Waals surface area contributed by atoms with E-state index in [1.807, 2.05) is 18.7 Å². The second-order valence-electron chi connectivity index (χ2n) is 5.18. The molecule has 4 heteroatoms. The van der Waals surface area contributed by atoms with Crippen molar-refractivity contribution < 1.29 is 4.79 Å². The Morgan fingerprint density at radius 1 is 1.50 bits per heavy atom. The van der Waals surface area contributed by atoms with E-state index in [9.17, 15) is 4.79 Å². The second-order valence-corrected chi connectivity index (χ2v) is 5.71. The fraction of sp³-hybridized carbons (Fsp3) is 0.833. The largest absolute Gasteiger partial charge is 0.393 e. The standard InChI is InChI=1S/C12H22N2OS/c1-4-12(2,3)11(15)14(9-5-6-9)8-7-10(13)16/h9H,4-8H2,1-3H3,(H2,13,16). The molecule has 1 aliphatic carbocycles. The summed E-state index contributed by atoms with van der Waals surface area (Å²) < 4.78 is 0. The van der Waals surface area contributed by atoms with Crippen molar-refractivity contribution in [2.24, 2.45) is 11.1 Å². The molecular formula is C12H22N2OS. The van der Waals surface area contributed by atoms with E-state index >= 15 is 0 Å². The Kier molecular flexibility index (Phi) is 4.30. The summed E-state index contributed by atoms with van der Waals surface area (Å²) in [4.78, 5) is 14.8. The molecule has 0 aromatic rings. The summed E-state index contributed by atoms with van der Waals surface area (Å²) in [5.74, 6) is 0.244. The molecule has 92 valence electrons. The van der Waals surface area contributed by atoms with Gasteiger partial charge in [-0.05, 0) is 19.3 Å². The third-order valence-electron chi connectivity index (χ3n) is 3.31. The van der Waals surface area contributed by atoms with Crippen LogP contribution in [0.2, 0.25) is 0 Å². The number of carbonyl (C=O) groups is 1. The summed E-state index contributed by atoms with van der Waals surface area (Å²) in [6.07, 6.45) is 3.76. The molecule has 2 N–H and O–H groups in total. The SMILES string of the molecule is CCC(C)(C)C(=O)N(CCC(N)=S)C1CC1. The van der Waals surface area contributed by atoms with Crippen molar-refractivity contribution >= 4 is 23.1 Å². The summed E-state index contributed by atoms with van der Waals surface area (Å²) in [5.41, 5.74) is 5.23. The van der Waals surface area contributed by atoms with E-state index in [0.717, 1.165) is 19.3 Å². The zero-order valence-electron chi connectivity index (χ0n) is 10.5. The zero-order valence-corrected chi connectivity index (χ0v) is 11.3. The summed E-state index contributed by atoms with van der Waals surface area (Å²) in [6.45, 7) is 6.75. The lowest BCUT2D eigenvalue weighted by Gasteiger charge is -2.31. The van der Waals surface area contributed by atoms with Crippen molar-refractivity contribution in [2.45, 2.75) is 52.5 Å². The van der Waals surface area contributed by atoms with Crippen LogP contribution < -0.4 is 5.73 Å². The first-order valence-electron chi connectivity index (χ1n) is 5.98. The maximum Gasteiger partial charge on any atom is 0.228 e. The van der Waals surface area contributed by atoms with E-state index in [1.54, 1.807) is 0 Å². The van der Waals surface area contributed by atoms with Crippen LogP contribution in [0, 0.1) is 5.41 Å². The average Bonchev–Trinajstić information content (AvgIpc) is 3.01. The lowest BCUT2D eigenvalue weighted by Crippen LogP contribution is -2.43. The Balaban J connectivity index is 2.62. The van der Waals surface area contributed by atoms with E-state index in [0.29, 0.717) is 24.0 Å². The molecular weight excluding hydrogens is 220 g/mol. The van der Waals surface area contributed by atoms with Gasteiger partial charge in [0.2, 0.25) is 5.91 Å². The van der Waals surface area contributed by atoms with Crippen molar-refractivity contribution in [3.05, 3.63) is 0 Å². The van der Waals surface area contributed by atoms with Crippen molar-refractivity contribution in [1.29, 1.82) is 0 Å². The minimum absolute atomic E-state index is 0.244. The summed E-state index contributed by atoms with van der Waals surface area (Å²) in [7, 11) is 0. The molecule has 1 rings (SSSR count). The zero-order chi connectivity index (χ0) is 12.3. The molecule has 3 nitrogen and oxygen atoms in total. The van der Waals surface area contributed by atoms with Crippen molar-refractivity contribution in [3.8, 4) is 0 Å². The molecule has 0 bridgehead atoms. The average molecular weight is 242 g/mol. The van der Waals surface area contributed by atoms with Gasteiger partial charge in [-0.15, -0.1) is 0 Å². The van der Waals surface area contributed by atoms with Crippen LogP contribution in [0.25, 0.3) is 0 Å². The van der Waals surface area contributed by atoms with Crippen LogP contribution in [0.15, 0.2) is 0 Å². The first-order chi connectivity index (χ1) is 7.38. The maximum absolute atomic E-state index is 12.3. The van der Waals surface area contributed by atoms with Gasteiger partial charge in [0.05, 0.1) is 4.99 Å². The Labute approximate surface area is 103 Å². The molecule has 0 saturated heterocycles. The number of nitrogens with zero attached hydrogens (tertiary/aromatic N) is 1. The highest BCUT2D eigenvalue weighted by molar-refractivity contribution is 7.80. The van der Waals surface area contributed by atoms with E-state index < -0.39 is 0 Å². The number of amides is 1. The highest BCUT2D eigenvalue weighted by Crippen LogP contribution is 2.32. The highest BCUT2D eigenvalue weighted by atomic mass is 32.1. The molecule has 1 aliphatic rings. The van der Waals surface area contributed by atoms with Crippen LogP contribution in [0.1, 0.15) is 46.5 Å². The Bertz CT molecular complexity index is 285. The molecule has 0 aliphatic heterocycles. The summed E-state index contributed by atoms with van der Waals surface area (Å²) in [6, 6.07) is 0.438. The van der Waals surface area contributed by atoms with Gasteiger partial charge < -0.3 is 10.6 Å². The van der Waals surface area contributed by atoms with Crippen LogP contribution in [-0.4, -0.2) is 28.4 Å². The number of nitrogens with two attached hydrogens (primary N) is 1. The molecule has 0 radical (unpaired) electrons. The first-order valence-corrected chi connectivity index (χ1v) is 6.38. The molecule has 0 heterocycles. The van der Waals surface area contributed by atoms with Crippen molar-refractivity contribution in [2.75, 3.05) is 6.54 Å². The van der Waals surface area contributed by atoms with Gasteiger partial charge in [-0.3, -0.25) is 4.79 Å². The highest BCUT2D eigenvalue weighted by Gasteiger charge is 2.38. The predicted molar refractivity (Wildman–Crippen MR) is 70.2 cm³/mol. The Hall–Kier alpha value is -0.640. The van der Waals surface area contributed by atoms with Gasteiger partial charge >= 0.3 is 0 Å². The number of carbonyl (C=O) groups excluding carboxylic acids is 1. The van der Waals surface area contributed by atoms with Gasteiger partial charge in [-0.25, -0.2) is 0 Å². The number of hydrogen-bond acceptors (Lipinski definition) is 2. The molecule has 1 fully saturated rings. The van der Waals surface area contributed by atoms with E-state index in [2.05, 4.69) is 6.92 Å². The molecule has 0 aromatic carbocycles. The first kappa shape index (κ1) is 13.4. The van der Waals surface area contributed by atoms with Crippen molar-refractivity contribution in [3.63, 3.8) is 0 Å². The Morgan fingerprint density at radius 3 is 2.44 bits per heavy atom. The smallest absolute Gasteiger partial charge is 0.228 e. The lowest BCUT2D eigenvalue weighted by molar-refractivity contribution is -0.141. The second kappa shape index (κ2) is 5.13. The minimum atomic E-state index is -0.265. The summed E-state index contributed by atoms with van der Waals surface area (Å²) >= 11 is 4.87. The van der Waals surface area contributed by atoms with Crippen LogP contribution >= 0.6 is 12.2 Å². The topological polar surface area (TPSA) is 46.3 Å². The van der Waals surface area contributed by atoms with Crippen molar-refractivity contribution in [1.82, 2.24) is 4.90 Å². The monoisotopic (exact) mass is 242 g/mol. The molecule has 0 aromatic heterocycles. The predicted octanol–water partition coefficient (Wildman–Crippen LogP) is 2.09. The third-order valence-corrected chi connectivity index (χ3v) is 3.51. The molecule has 0 atom stereocenters. The van der Waals surface area contributed by atoms with Gasteiger partial charge in [-0.2, -0.15) is 0 Å².